The fraction of sp³-hybridized carbons (Fsp3) is 0.393. The summed E-state index contributed by atoms with van der Waals surface area (Å²) in [6, 6.07) is 8.18. The number of nitrogens with zero attached hydrogens (tertiary/aromatic N) is 3. The fourth-order valence-electron chi connectivity index (χ4n) is 4.66. The summed E-state index contributed by atoms with van der Waals surface area (Å²) in [7, 11) is 1.46. The maximum absolute atomic E-state index is 15.1. The van der Waals surface area contributed by atoms with E-state index in [0.717, 1.165) is 5.69 Å². The molecule has 1 aliphatic heterocycles. The minimum atomic E-state index is -1.04. The summed E-state index contributed by atoms with van der Waals surface area (Å²) in [5.74, 6) is 0.0739. The molecule has 0 saturated carbocycles. The molecule has 1 aliphatic rings. The molecule has 0 spiro atoms. The van der Waals surface area contributed by atoms with Gasteiger partial charge in [0.25, 0.3) is 0 Å². The van der Waals surface area contributed by atoms with Gasteiger partial charge >= 0.3 is 0 Å². The van der Waals surface area contributed by atoms with Crippen LogP contribution in [0.1, 0.15) is 18.5 Å². The van der Waals surface area contributed by atoms with Crippen LogP contribution < -0.4 is 14.2 Å². The number of methoxy groups -OCH3 is 1. The van der Waals surface area contributed by atoms with Crippen LogP contribution in [0.2, 0.25) is 0 Å². The van der Waals surface area contributed by atoms with Crippen molar-refractivity contribution in [2.45, 2.75) is 32.0 Å². The summed E-state index contributed by atoms with van der Waals surface area (Å²) < 4.78 is 37.5. The SMILES string of the molecule is COc1cc2c(Oc3ccc4[nH]c(C)cc4c3F)ncnc2cc1OC[C@@H](O)C[C@@H](O)CC(=O)N1CCOCC1. The van der Waals surface area contributed by atoms with Gasteiger partial charge in [-0.1, -0.05) is 0 Å². The van der Waals surface area contributed by atoms with E-state index in [1.54, 1.807) is 29.2 Å². The highest BCUT2D eigenvalue weighted by molar-refractivity contribution is 5.87. The Bertz CT molecular complexity index is 1510. The molecule has 0 bridgehead atoms. The summed E-state index contributed by atoms with van der Waals surface area (Å²) >= 11 is 0. The van der Waals surface area contributed by atoms with Gasteiger partial charge in [-0.2, -0.15) is 0 Å². The largest absolute Gasteiger partial charge is 0.493 e. The molecule has 40 heavy (non-hydrogen) atoms. The number of carbonyl (C=O) groups is 1. The number of hydrogen-bond acceptors (Lipinski definition) is 9. The Hall–Kier alpha value is -4.00. The molecule has 3 heterocycles. The number of morpholine rings is 1. The first kappa shape index (κ1) is 27.6. The third-order valence-corrected chi connectivity index (χ3v) is 6.68. The third-order valence-electron chi connectivity index (χ3n) is 6.68. The third kappa shape index (κ3) is 6.09. The molecular weight excluding hydrogens is 523 g/mol. The number of amides is 1. The Kier molecular flexibility index (Phi) is 8.29. The van der Waals surface area contributed by atoms with Gasteiger partial charge in [-0.25, -0.2) is 14.4 Å². The van der Waals surface area contributed by atoms with Crippen LogP contribution >= 0.6 is 0 Å². The van der Waals surface area contributed by atoms with E-state index in [0.29, 0.717) is 59.6 Å². The van der Waals surface area contributed by atoms with Gasteiger partial charge in [0.1, 0.15) is 12.9 Å². The summed E-state index contributed by atoms with van der Waals surface area (Å²) in [4.78, 5) is 25.5. The first-order valence-electron chi connectivity index (χ1n) is 12.9. The molecule has 1 amide bonds. The predicted molar refractivity (Wildman–Crippen MR) is 143 cm³/mol. The molecular formula is C28H31FN4O7. The molecule has 3 N–H and O–H groups in total. The number of aliphatic hydroxyl groups is 2. The number of hydrogen-bond donors (Lipinski definition) is 3. The standard InChI is InChI=1S/C28H31FN4O7/c1-16-9-19-21(32-16)3-4-23(27(19)29)40-28-20-12-24(37-2)25(13-22(20)30-15-31-28)39-14-18(35)10-17(34)11-26(36)33-5-7-38-8-6-33/h3-4,9,12-13,15,17-18,32,34-35H,5-8,10-11,14H2,1-2H3/t17-,18+/m1/s1. The second kappa shape index (κ2) is 12.0. The van der Waals surface area contributed by atoms with E-state index in [1.165, 1.54) is 19.5 Å². The predicted octanol–water partition coefficient (Wildman–Crippen LogP) is 3.10. The second-order valence-corrected chi connectivity index (χ2v) is 9.64. The molecule has 5 rings (SSSR count). The molecule has 2 atom stereocenters. The maximum atomic E-state index is 15.1. The van der Waals surface area contributed by atoms with E-state index in [1.807, 2.05) is 6.92 Å². The lowest BCUT2D eigenvalue weighted by Crippen LogP contribution is -2.42. The lowest BCUT2D eigenvalue weighted by Gasteiger charge is -2.28. The summed E-state index contributed by atoms with van der Waals surface area (Å²) in [5.41, 5.74) is 1.94. The quantitative estimate of drug-likeness (QED) is 0.270. The molecule has 1 saturated heterocycles. The van der Waals surface area contributed by atoms with Crippen LogP contribution in [0.5, 0.6) is 23.1 Å². The van der Waals surface area contributed by atoms with Gasteiger partial charge in [0, 0.05) is 42.2 Å². The van der Waals surface area contributed by atoms with Gasteiger partial charge in [-0.05, 0) is 31.2 Å². The van der Waals surface area contributed by atoms with Crippen LogP contribution in [0.3, 0.4) is 0 Å². The van der Waals surface area contributed by atoms with E-state index in [9.17, 15) is 15.0 Å². The van der Waals surface area contributed by atoms with Crippen LogP contribution in [0, 0.1) is 12.7 Å². The molecule has 2 aromatic carbocycles. The van der Waals surface area contributed by atoms with Gasteiger partial charge in [0.2, 0.25) is 11.8 Å². The zero-order valence-corrected chi connectivity index (χ0v) is 22.2. The van der Waals surface area contributed by atoms with Crippen molar-refractivity contribution >= 4 is 27.7 Å². The first-order chi connectivity index (χ1) is 19.3. The minimum Gasteiger partial charge on any atom is -0.493 e. The second-order valence-electron chi connectivity index (χ2n) is 9.64. The Balaban J connectivity index is 1.26. The number of fused-ring (bicyclic) bond motifs is 2. The van der Waals surface area contributed by atoms with Crippen LogP contribution in [0.4, 0.5) is 4.39 Å². The van der Waals surface area contributed by atoms with Crippen molar-refractivity contribution in [3.8, 4) is 23.1 Å². The fourth-order valence-corrected chi connectivity index (χ4v) is 4.66. The molecule has 0 radical (unpaired) electrons. The topological polar surface area (TPSA) is 139 Å². The summed E-state index contributed by atoms with van der Waals surface area (Å²) in [6.45, 7) is 3.63. The highest BCUT2D eigenvalue weighted by Gasteiger charge is 2.23. The summed E-state index contributed by atoms with van der Waals surface area (Å²) in [6.07, 6.45) is -0.890. The van der Waals surface area contributed by atoms with Crippen molar-refractivity contribution in [3.63, 3.8) is 0 Å². The Labute approximate surface area is 229 Å². The summed E-state index contributed by atoms with van der Waals surface area (Å²) in [5, 5.41) is 21.6. The normalized spacial score (nSPS) is 15.3. The molecule has 0 aliphatic carbocycles. The number of aromatic nitrogens is 3. The number of carbonyl (C=O) groups excluding carboxylic acids is 1. The molecule has 2 aromatic heterocycles. The molecule has 11 nitrogen and oxygen atoms in total. The van der Waals surface area contributed by atoms with Gasteiger partial charge < -0.3 is 39.0 Å². The molecule has 1 fully saturated rings. The Morgan fingerprint density at radius 1 is 1.10 bits per heavy atom. The van der Waals surface area contributed by atoms with Gasteiger partial charge in [0.15, 0.2) is 23.1 Å². The zero-order chi connectivity index (χ0) is 28.2. The van der Waals surface area contributed by atoms with E-state index >= 15 is 4.39 Å². The Morgan fingerprint density at radius 3 is 2.67 bits per heavy atom. The van der Waals surface area contributed by atoms with Gasteiger partial charge in [-0.15, -0.1) is 0 Å². The Morgan fingerprint density at radius 2 is 1.90 bits per heavy atom. The van der Waals surface area contributed by atoms with Crippen LogP contribution in [0.15, 0.2) is 36.7 Å². The van der Waals surface area contributed by atoms with Crippen LogP contribution in [-0.4, -0.2) is 88.2 Å². The van der Waals surface area contributed by atoms with Crippen LogP contribution in [-0.2, 0) is 9.53 Å². The van der Waals surface area contributed by atoms with E-state index in [4.69, 9.17) is 18.9 Å². The molecule has 212 valence electrons. The highest BCUT2D eigenvalue weighted by atomic mass is 19.1. The number of nitrogens with one attached hydrogen (secondary N) is 1. The monoisotopic (exact) mass is 554 g/mol. The molecule has 0 unspecified atom stereocenters. The van der Waals surface area contributed by atoms with Crippen molar-refractivity contribution in [2.24, 2.45) is 0 Å². The lowest BCUT2D eigenvalue weighted by atomic mass is 10.1. The smallest absolute Gasteiger partial charge is 0.230 e. The highest BCUT2D eigenvalue weighted by Crippen LogP contribution is 2.37. The number of aryl methyl sites for hydroxylation is 1. The number of aliphatic hydroxyl groups excluding tert-OH is 2. The minimum absolute atomic E-state index is 0.0135. The number of rotatable bonds is 10. The number of aromatic amines is 1. The van der Waals surface area contributed by atoms with E-state index < -0.39 is 18.0 Å². The number of ether oxygens (including phenoxy) is 4. The van der Waals surface area contributed by atoms with Crippen LogP contribution in [0.25, 0.3) is 21.8 Å². The van der Waals surface area contributed by atoms with Gasteiger partial charge in [0.05, 0.1) is 49.9 Å². The van der Waals surface area contributed by atoms with Gasteiger partial charge in [-0.3, -0.25) is 4.79 Å². The molecule has 4 aromatic rings. The zero-order valence-electron chi connectivity index (χ0n) is 22.2. The van der Waals surface area contributed by atoms with Crippen molar-refractivity contribution in [3.05, 3.63) is 48.2 Å². The van der Waals surface area contributed by atoms with Crippen molar-refractivity contribution in [1.29, 1.82) is 0 Å². The molecule has 12 heteroatoms. The van der Waals surface area contributed by atoms with Crippen molar-refractivity contribution in [1.82, 2.24) is 19.9 Å². The van der Waals surface area contributed by atoms with E-state index in [-0.39, 0.29) is 37.0 Å². The number of halogens is 1. The average Bonchev–Trinajstić information content (AvgIpc) is 3.34. The average molecular weight is 555 g/mol. The van der Waals surface area contributed by atoms with Crippen molar-refractivity contribution < 1.29 is 38.3 Å². The van der Waals surface area contributed by atoms with Crippen molar-refractivity contribution in [2.75, 3.05) is 40.0 Å². The van der Waals surface area contributed by atoms with E-state index in [2.05, 4.69) is 15.0 Å². The maximum Gasteiger partial charge on any atom is 0.230 e. The lowest BCUT2D eigenvalue weighted by molar-refractivity contribution is -0.137. The number of benzene rings is 2. The first-order valence-corrected chi connectivity index (χ1v) is 12.9. The number of H-pyrrole nitrogens is 1.